The van der Waals surface area contributed by atoms with Gasteiger partial charge < -0.3 is 14.2 Å². The molecule has 0 bridgehead atoms. The maximum absolute atomic E-state index is 13.0. The van der Waals surface area contributed by atoms with Crippen molar-refractivity contribution in [2.24, 2.45) is 11.7 Å². The molecule has 3 N–H and O–H groups in total. The molecule has 9 heteroatoms. The molecular formula is C24H27N5O4. The van der Waals surface area contributed by atoms with Crippen LogP contribution in [0.4, 0.5) is 0 Å². The Kier molecular flexibility index (Phi) is 6.81. The number of aromatic amines is 1. The van der Waals surface area contributed by atoms with E-state index in [0.717, 1.165) is 24.2 Å². The van der Waals surface area contributed by atoms with E-state index in [0.29, 0.717) is 23.8 Å². The Morgan fingerprint density at radius 2 is 2.09 bits per heavy atom. The first-order valence-corrected chi connectivity index (χ1v) is 10.8. The normalized spacial score (nSPS) is 17.6. The summed E-state index contributed by atoms with van der Waals surface area (Å²) in [6.07, 6.45) is 4.29. The summed E-state index contributed by atoms with van der Waals surface area (Å²) in [5, 5.41) is 13.6. The molecule has 0 aliphatic carbocycles. The number of hydrogen-bond donors (Lipinski definition) is 2. The van der Waals surface area contributed by atoms with E-state index < -0.39 is 5.72 Å². The molecule has 2 heterocycles. The number of nitrogens with one attached hydrogen (secondary N) is 1. The van der Waals surface area contributed by atoms with E-state index in [1.807, 2.05) is 24.3 Å². The first-order chi connectivity index (χ1) is 15.9. The lowest BCUT2D eigenvalue weighted by Gasteiger charge is -2.33. The van der Waals surface area contributed by atoms with Crippen LogP contribution in [0.25, 0.3) is 6.08 Å². The predicted molar refractivity (Wildman–Crippen MR) is 122 cm³/mol. The van der Waals surface area contributed by atoms with Gasteiger partial charge in [-0.3, -0.25) is 10.5 Å². The Labute approximate surface area is 191 Å². The number of tetrazole rings is 1. The minimum Gasteiger partial charge on any atom is -0.483 e. The number of aromatic nitrogens is 4. The van der Waals surface area contributed by atoms with Gasteiger partial charge in [0, 0.05) is 6.61 Å². The van der Waals surface area contributed by atoms with Gasteiger partial charge in [-0.25, -0.2) is 0 Å². The van der Waals surface area contributed by atoms with E-state index in [1.165, 1.54) is 6.08 Å². The highest BCUT2D eigenvalue weighted by molar-refractivity contribution is 6.09. The molecule has 0 radical (unpaired) electrons. The van der Waals surface area contributed by atoms with Crippen molar-refractivity contribution in [3.05, 3.63) is 71.1 Å². The lowest BCUT2D eigenvalue weighted by Crippen LogP contribution is -2.51. The highest BCUT2D eigenvalue weighted by atomic mass is 16.6. The monoisotopic (exact) mass is 449 g/mol. The molecule has 33 heavy (non-hydrogen) atoms. The van der Waals surface area contributed by atoms with Crippen LogP contribution in [0.3, 0.4) is 0 Å². The number of hydrogen-bond acceptors (Lipinski definition) is 8. The van der Waals surface area contributed by atoms with Crippen LogP contribution >= 0.6 is 0 Å². The molecule has 0 saturated carbocycles. The fourth-order valence-corrected chi connectivity index (χ4v) is 3.27. The van der Waals surface area contributed by atoms with Gasteiger partial charge in [-0.2, -0.15) is 5.21 Å². The van der Waals surface area contributed by atoms with Crippen LogP contribution in [0, 0.1) is 5.92 Å². The molecule has 1 unspecified atom stereocenters. The van der Waals surface area contributed by atoms with E-state index in [9.17, 15) is 4.79 Å². The molecule has 1 aliphatic heterocycles. The summed E-state index contributed by atoms with van der Waals surface area (Å²) >= 11 is 0. The van der Waals surface area contributed by atoms with Crippen LogP contribution in [0.1, 0.15) is 47.6 Å². The van der Waals surface area contributed by atoms with E-state index in [1.54, 1.807) is 24.3 Å². The minimum absolute atomic E-state index is 0.0133. The van der Waals surface area contributed by atoms with Crippen molar-refractivity contribution < 1.29 is 19.0 Å². The second-order valence-electron chi connectivity index (χ2n) is 8.32. The maximum atomic E-state index is 13.0. The van der Waals surface area contributed by atoms with Gasteiger partial charge in [-0.15, -0.1) is 10.2 Å². The van der Waals surface area contributed by atoms with E-state index in [-0.39, 0.29) is 24.0 Å². The highest BCUT2D eigenvalue weighted by Crippen LogP contribution is 2.39. The van der Waals surface area contributed by atoms with Crippen molar-refractivity contribution in [2.75, 3.05) is 13.2 Å². The largest absolute Gasteiger partial charge is 0.483 e. The molecule has 0 amide bonds. The predicted octanol–water partition coefficient (Wildman–Crippen LogP) is 3.24. The molecule has 2 aromatic carbocycles. The van der Waals surface area contributed by atoms with Crippen molar-refractivity contribution in [1.82, 2.24) is 20.6 Å². The first kappa shape index (κ1) is 22.6. The molecular weight excluding hydrogens is 422 g/mol. The van der Waals surface area contributed by atoms with Crippen LogP contribution in [0.15, 0.2) is 48.5 Å². The number of para-hydroxylation sites is 1. The first-order valence-electron chi connectivity index (χ1n) is 10.8. The average molecular weight is 450 g/mol. The Morgan fingerprint density at radius 3 is 2.82 bits per heavy atom. The van der Waals surface area contributed by atoms with Crippen LogP contribution in [-0.4, -0.2) is 39.6 Å². The summed E-state index contributed by atoms with van der Waals surface area (Å²) < 4.78 is 17.4. The van der Waals surface area contributed by atoms with Crippen molar-refractivity contribution in [2.45, 2.75) is 32.6 Å². The Morgan fingerprint density at radius 1 is 1.27 bits per heavy atom. The number of ether oxygens (including phenoxy) is 3. The van der Waals surface area contributed by atoms with Gasteiger partial charge in [0.05, 0.1) is 12.2 Å². The van der Waals surface area contributed by atoms with Gasteiger partial charge in [0.2, 0.25) is 5.82 Å². The summed E-state index contributed by atoms with van der Waals surface area (Å²) in [7, 11) is 0. The standard InChI is InChI=1S/C24H27N5O4/c1-16(2)12-13-31-14-18-8-6-17(7-9-18)10-11-20(30)19-4-3-5-21-22(19)33-24(25,15-32-21)23-26-28-29-27-23/h3-11,16H,12-15,25H2,1-2H3,(H,26,27,28,29). The molecule has 1 aromatic heterocycles. The number of fused-ring (bicyclic) bond motifs is 1. The molecule has 0 spiro atoms. The molecule has 0 saturated heterocycles. The minimum atomic E-state index is -1.45. The van der Waals surface area contributed by atoms with E-state index in [4.69, 9.17) is 19.9 Å². The quantitative estimate of drug-likeness (QED) is 0.290. The summed E-state index contributed by atoms with van der Waals surface area (Å²) in [6, 6.07) is 13.0. The lowest BCUT2D eigenvalue weighted by molar-refractivity contribution is -0.0154. The van der Waals surface area contributed by atoms with Gasteiger partial charge in [0.1, 0.15) is 6.61 Å². The number of ketones is 1. The van der Waals surface area contributed by atoms with Gasteiger partial charge in [0.15, 0.2) is 17.3 Å². The van der Waals surface area contributed by atoms with E-state index in [2.05, 4.69) is 34.5 Å². The van der Waals surface area contributed by atoms with Gasteiger partial charge in [-0.1, -0.05) is 50.3 Å². The fraction of sp³-hybridized carbons (Fsp3) is 0.333. The number of H-pyrrole nitrogens is 1. The third-order valence-corrected chi connectivity index (χ3v) is 5.21. The summed E-state index contributed by atoms with van der Waals surface area (Å²) in [6.45, 7) is 5.66. The van der Waals surface area contributed by atoms with Crippen molar-refractivity contribution in [3.63, 3.8) is 0 Å². The van der Waals surface area contributed by atoms with Crippen LogP contribution in [0.5, 0.6) is 11.5 Å². The van der Waals surface area contributed by atoms with E-state index >= 15 is 0 Å². The van der Waals surface area contributed by atoms with Crippen LogP contribution in [-0.2, 0) is 17.1 Å². The molecule has 9 nitrogen and oxygen atoms in total. The zero-order valence-electron chi connectivity index (χ0n) is 18.7. The topological polar surface area (TPSA) is 125 Å². The lowest BCUT2D eigenvalue weighted by atomic mass is 10.1. The zero-order chi connectivity index (χ0) is 23.3. The van der Waals surface area contributed by atoms with Gasteiger partial charge in [-0.05, 0) is 46.9 Å². The number of rotatable bonds is 9. The molecule has 1 aliphatic rings. The molecule has 3 aromatic rings. The second kappa shape index (κ2) is 9.93. The van der Waals surface area contributed by atoms with Crippen LogP contribution in [0.2, 0.25) is 0 Å². The summed E-state index contributed by atoms with van der Waals surface area (Å²) in [5.41, 5.74) is 7.14. The summed E-state index contributed by atoms with van der Waals surface area (Å²) in [5.74, 6) is 1.20. The SMILES string of the molecule is CC(C)CCOCc1ccc(C=CC(=O)c2cccc3c2OC(N)(c2nn[nH]n2)CO3)cc1. The second-order valence-corrected chi connectivity index (χ2v) is 8.32. The van der Waals surface area contributed by atoms with Crippen molar-refractivity contribution in [3.8, 4) is 11.5 Å². The number of nitrogens with zero attached hydrogens (tertiary/aromatic N) is 3. The molecule has 1 atom stereocenters. The number of nitrogens with two attached hydrogens (primary N) is 1. The molecule has 0 fully saturated rings. The van der Waals surface area contributed by atoms with Crippen LogP contribution < -0.4 is 15.2 Å². The Hall–Kier alpha value is -3.56. The van der Waals surface area contributed by atoms with Gasteiger partial charge >= 0.3 is 0 Å². The Bertz CT molecular complexity index is 1110. The third-order valence-electron chi connectivity index (χ3n) is 5.21. The maximum Gasteiger partial charge on any atom is 0.257 e. The number of carbonyl (C=O) groups is 1. The summed E-state index contributed by atoms with van der Waals surface area (Å²) in [4.78, 5) is 13.0. The van der Waals surface area contributed by atoms with Crippen molar-refractivity contribution >= 4 is 11.9 Å². The average Bonchev–Trinajstić information content (AvgIpc) is 3.37. The highest BCUT2D eigenvalue weighted by Gasteiger charge is 2.41. The third kappa shape index (κ3) is 5.44. The Balaban J connectivity index is 1.43. The fourth-order valence-electron chi connectivity index (χ4n) is 3.27. The zero-order valence-corrected chi connectivity index (χ0v) is 18.7. The number of carbonyl (C=O) groups excluding carboxylic acids is 1. The molecule has 172 valence electrons. The smallest absolute Gasteiger partial charge is 0.257 e. The van der Waals surface area contributed by atoms with Gasteiger partial charge in [0.25, 0.3) is 5.72 Å². The number of allylic oxidation sites excluding steroid dienone is 1. The molecule has 4 rings (SSSR count). The van der Waals surface area contributed by atoms with Crippen molar-refractivity contribution in [1.29, 1.82) is 0 Å². The number of benzene rings is 2.